The van der Waals surface area contributed by atoms with Crippen molar-refractivity contribution < 1.29 is 0 Å². The minimum absolute atomic E-state index is 0.676. The number of aryl methyl sites for hydroxylation is 1. The van der Waals surface area contributed by atoms with Gasteiger partial charge in [0.15, 0.2) is 0 Å². The van der Waals surface area contributed by atoms with Crippen molar-refractivity contribution in [2.75, 3.05) is 31.5 Å². The van der Waals surface area contributed by atoms with E-state index in [1.54, 1.807) is 0 Å². The first kappa shape index (κ1) is 12.4. The van der Waals surface area contributed by atoms with Gasteiger partial charge in [-0.25, -0.2) is 4.98 Å². The minimum Gasteiger partial charge on any atom is -0.355 e. The molecule has 0 saturated carbocycles. The summed E-state index contributed by atoms with van der Waals surface area (Å²) in [4.78, 5) is 6.90. The van der Waals surface area contributed by atoms with E-state index in [4.69, 9.17) is 0 Å². The lowest BCUT2D eigenvalue weighted by Gasteiger charge is -2.20. The standard InChI is InChI=1S/C13H24N4/c1-3-17-9-6-14-13(17)15-10-12(2)11-16-7-4-5-8-16/h6,9,12H,3-5,7-8,10-11H2,1-2H3,(H,14,15). The molecule has 1 atom stereocenters. The van der Waals surface area contributed by atoms with E-state index in [2.05, 4.69) is 33.6 Å². The van der Waals surface area contributed by atoms with E-state index in [0.29, 0.717) is 5.92 Å². The summed E-state index contributed by atoms with van der Waals surface area (Å²) in [7, 11) is 0. The zero-order valence-corrected chi connectivity index (χ0v) is 11.0. The third-order valence-corrected chi connectivity index (χ3v) is 3.43. The smallest absolute Gasteiger partial charge is 0.202 e. The maximum absolute atomic E-state index is 4.33. The van der Waals surface area contributed by atoms with E-state index in [9.17, 15) is 0 Å². The first-order valence-corrected chi connectivity index (χ1v) is 6.77. The molecule has 1 aliphatic rings. The molecule has 0 amide bonds. The summed E-state index contributed by atoms with van der Waals surface area (Å²) in [6.45, 7) is 10.2. The molecule has 1 fully saturated rings. The van der Waals surface area contributed by atoms with E-state index < -0.39 is 0 Å². The third kappa shape index (κ3) is 3.46. The second-order valence-corrected chi connectivity index (χ2v) is 5.03. The van der Waals surface area contributed by atoms with Crippen molar-refractivity contribution >= 4 is 5.95 Å². The molecule has 1 aromatic heterocycles. The topological polar surface area (TPSA) is 33.1 Å². The highest BCUT2D eigenvalue weighted by molar-refractivity contribution is 5.25. The van der Waals surface area contributed by atoms with Crippen LogP contribution in [0.15, 0.2) is 12.4 Å². The highest BCUT2D eigenvalue weighted by Gasteiger charge is 2.14. The summed E-state index contributed by atoms with van der Waals surface area (Å²) in [5.74, 6) is 1.68. The van der Waals surface area contributed by atoms with Crippen LogP contribution in [0, 0.1) is 5.92 Å². The predicted octanol–water partition coefficient (Wildman–Crippen LogP) is 2.05. The van der Waals surface area contributed by atoms with Gasteiger partial charge in [0.2, 0.25) is 5.95 Å². The first-order chi connectivity index (χ1) is 8.29. The lowest BCUT2D eigenvalue weighted by molar-refractivity contribution is 0.294. The van der Waals surface area contributed by atoms with E-state index in [0.717, 1.165) is 19.0 Å². The van der Waals surface area contributed by atoms with Crippen molar-refractivity contribution in [1.82, 2.24) is 14.5 Å². The molecule has 0 radical (unpaired) electrons. The van der Waals surface area contributed by atoms with Gasteiger partial charge in [0.05, 0.1) is 0 Å². The van der Waals surface area contributed by atoms with Crippen molar-refractivity contribution in [1.29, 1.82) is 0 Å². The van der Waals surface area contributed by atoms with Gasteiger partial charge in [-0.3, -0.25) is 0 Å². The molecular weight excluding hydrogens is 212 g/mol. The van der Waals surface area contributed by atoms with Gasteiger partial charge in [-0.2, -0.15) is 0 Å². The van der Waals surface area contributed by atoms with Crippen LogP contribution >= 0.6 is 0 Å². The van der Waals surface area contributed by atoms with E-state index in [1.165, 1.54) is 32.5 Å². The second kappa shape index (κ2) is 6.05. The number of hydrogen-bond acceptors (Lipinski definition) is 3. The van der Waals surface area contributed by atoms with Crippen LogP contribution in [0.25, 0.3) is 0 Å². The lowest BCUT2D eigenvalue weighted by Crippen LogP contribution is -2.29. The molecule has 1 aromatic rings. The van der Waals surface area contributed by atoms with Gasteiger partial charge < -0.3 is 14.8 Å². The van der Waals surface area contributed by atoms with Gasteiger partial charge in [0.25, 0.3) is 0 Å². The molecule has 0 aliphatic carbocycles. The molecule has 1 N–H and O–H groups in total. The molecule has 2 rings (SSSR count). The number of hydrogen-bond donors (Lipinski definition) is 1. The van der Waals surface area contributed by atoms with E-state index >= 15 is 0 Å². The monoisotopic (exact) mass is 236 g/mol. The number of aromatic nitrogens is 2. The average molecular weight is 236 g/mol. The molecular formula is C13H24N4. The summed E-state index contributed by atoms with van der Waals surface area (Å²) in [6.07, 6.45) is 6.63. The van der Waals surface area contributed by atoms with Crippen molar-refractivity contribution in [2.24, 2.45) is 5.92 Å². The largest absolute Gasteiger partial charge is 0.355 e. The highest BCUT2D eigenvalue weighted by atomic mass is 15.2. The summed E-state index contributed by atoms with van der Waals surface area (Å²) >= 11 is 0. The Bertz CT molecular complexity index is 328. The molecule has 1 unspecified atom stereocenters. The highest BCUT2D eigenvalue weighted by Crippen LogP contribution is 2.11. The fourth-order valence-corrected chi connectivity index (χ4v) is 2.47. The van der Waals surface area contributed by atoms with Crippen molar-refractivity contribution in [2.45, 2.75) is 33.2 Å². The molecule has 4 nitrogen and oxygen atoms in total. The van der Waals surface area contributed by atoms with Crippen LogP contribution in [-0.2, 0) is 6.54 Å². The molecule has 4 heteroatoms. The van der Waals surface area contributed by atoms with E-state index in [1.807, 2.05) is 12.4 Å². The minimum atomic E-state index is 0.676. The van der Waals surface area contributed by atoms with Crippen molar-refractivity contribution in [3.8, 4) is 0 Å². The van der Waals surface area contributed by atoms with Gasteiger partial charge in [-0.1, -0.05) is 6.92 Å². The van der Waals surface area contributed by atoms with Crippen LogP contribution in [0.5, 0.6) is 0 Å². The maximum atomic E-state index is 4.33. The Morgan fingerprint density at radius 3 is 2.88 bits per heavy atom. The molecule has 0 spiro atoms. The molecule has 0 aromatic carbocycles. The van der Waals surface area contributed by atoms with Gasteiger partial charge in [0, 0.05) is 32.0 Å². The number of nitrogens with one attached hydrogen (secondary N) is 1. The van der Waals surface area contributed by atoms with Gasteiger partial charge in [0.1, 0.15) is 0 Å². The fourth-order valence-electron chi connectivity index (χ4n) is 2.47. The van der Waals surface area contributed by atoms with E-state index in [-0.39, 0.29) is 0 Å². The van der Waals surface area contributed by atoms with Crippen molar-refractivity contribution in [3.05, 3.63) is 12.4 Å². The normalized spacial score (nSPS) is 18.5. The average Bonchev–Trinajstić information content (AvgIpc) is 2.96. The number of imidazole rings is 1. The van der Waals surface area contributed by atoms with Crippen molar-refractivity contribution in [3.63, 3.8) is 0 Å². The molecule has 2 heterocycles. The molecule has 17 heavy (non-hydrogen) atoms. The van der Waals surface area contributed by atoms with Crippen LogP contribution in [0.2, 0.25) is 0 Å². The van der Waals surface area contributed by atoms with Crippen LogP contribution < -0.4 is 5.32 Å². The number of anilines is 1. The molecule has 1 saturated heterocycles. The van der Waals surface area contributed by atoms with Gasteiger partial charge >= 0.3 is 0 Å². The summed E-state index contributed by atoms with van der Waals surface area (Å²) in [6, 6.07) is 0. The summed E-state index contributed by atoms with van der Waals surface area (Å²) < 4.78 is 2.14. The Hall–Kier alpha value is -1.03. The number of nitrogens with zero attached hydrogens (tertiary/aromatic N) is 3. The Balaban J connectivity index is 1.73. The van der Waals surface area contributed by atoms with Gasteiger partial charge in [-0.05, 0) is 38.8 Å². The lowest BCUT2D eigenvalue weighted by atomic mass is 10.1. The second-order valence-electron chi connectivity index (χ2n) is 5.03. The van der Waals surface area contributed by atoms with Crippen LogP contribution in [0.3, 0.4) is 0 Å². The Morgan fingerprint density at radius 2 is 2.18 bits per heavy atom. The zero-order chi connectivity index (χ0) is 12.1. The van der Waals surface area contributed by atoms with Crippen LogP contribution in [0.1, 0.15) is 26.7 Å². The Morgan fingerprint density at radius 1 is 1.41 bits per heavy atom. The zero-order valence-electron chi connectivity index (χ0n) is 11.0. The number of likely N-dealkylation sites (tertiary alicyclic amines) is 1. The third-order valence-electron chi connectivity index (χ3n) is 3.43. The number of rotatable bonds is 6. The Labute approximate surface area is 104 Å². The predicted molar refractivity (Wildman–Crippen MR) is 71.2 cm³/mol. The van der Waals surface area contributed by atoms with Crippen LogP contribution in [0.4, 0.5) is 5.95 Å². The maximum Gasteiger partial charge on any atom is 0.202 e. The summed E-state index contributed by atoms with van der Waals surface area (Å²) in [5, 5.41) is 3.44. The Kier molecular flexibility index (Phi) is 4.42. The first-order valence-electron chi connectivity index (χ1n) is 6.77. The fraction of sp³-hybridized carbons (Fsp3) is 0.769. The molecule has 0 bridgehead atoms. The quantitative estimate of drug-likeness (QED) is 0.820. The summed E-state index contributed by atoms with van der Waals surface area (Å²) in [5.41, 5.74) is 0. The van der Waals surface area contributed by atoms with Gasteiger partial charge in [-0.15, -0.1) is 0 Å². The SMILES string of the molecule is CCn1ccnc1NCC(C)CN1CCCC1. The van der Waals surface area contributed by atoms with Crippen LogP contribution in [-0.4, -0.2) is 40.6 Å². The molecule has 96 valence electrons. The molecule has 1 aliphatic heterocycles.